The second-order valence-electron chi connectivity index (χ2n) is 5.41. The van der Waals surface area contributed by atoms with Crippen LogP contribution in [0.25, 0.3) is 0 Å². The fourth-order valence-electron chi connectivity index (χ4n) is 2.84. The Hall–Kier alpha value is -0.0900. The van der Waals surface area contributed by atoms with Crippen molar-refractivity contribution in [2.45, 2.75) is 49.3 Å². The quantitative estimate of drug-likeness (QED) is 0.871. The Kier molecular flexibility index (Phi) is 5.91. The van der Waals surface area contributed by atoms with E-state index in [1.165, 1.54) is 0 Å². The van der Waals surface area contributed by atoms with Gasteiger partial charge in [-0.05, 0) is 49.9 Å². The van der Waals surface area contributed by atoms with Crippen LogP contribution in [0.3, 0.4) is 0 Å². The van der Waals surface area contributed by atoms with Crippen molar-refractivity contribution in [1.82, 2.24) is 5.32 Å². The van der Waals surface area contributed by atoms with Gasteiger partial charge in [-0.2, -0.15) is 0 Å². The molecule has 0 aromatic heterocycles. The first-order valence-electron chi connectivity index (χ1n) is 7.13. The molecule has 1 aliphatic rings. The van der Waals surface area contributed by atoms with Crippen molar-refractivity contribution >= 4 is 34.0 Å². The summed E-state index contributed by atoms with van der Waals surface area (Å²) in [7, 11) is -1.09. The molecule has 1 N–H and O–H groups in total. The normalized spacial score (nSPS) is 27.7. The average molecular weight is 334 g/mol. The molecule has 20 heavy (non-hydrogen) atoms. The molecule has 0 spiro atoms. The molecule has 1 aliphatic carbocycles. The van der Waals surface area contributed by atoms with E-state index in [0.29, 0.717) is 26.9 Å². The van der Waals surface area contributed by atoms with Crippen LogP contribution in [0.2, 0.25) is 10.0 Å². The molecule has 2 nitrogen and oxygen atoms in total. The number of hydrogen-bond acceptors (Lipinski definition) is 2. The molecular formula is C15H21Cl2NOS. The van der Waals surface area contributed by atoms with Crippen molar-refractivity contribution in [2.75, 3.05) is 6.54 Å². The first-order chi connectivity index (χ1) is 9.54. The molecule has 4 unspecified atom stereocenters. The second kappa shape index (κ2) is 7.26. The SMILES string of the molecule is CCCNC1CCC(S(=O)c2cc(Cl)ccc2Cl)C1C. The lowest BCUT2D eigenvalue weighted by molar-refractivity contribution is 0.429. The van der Waals surface area contributed by atoms with E-state index in [4.69, 9.17) is 23.2 Å². The van der Waals surface area contributed by atoms with Gasteiger partial charge in [0.05, 0.1) is 20.7 Å². The molecule has 4 atom stereocenters. The lowest BCUT2D eigenvalue weighted by atomic mass is 10.1. The Labute approximate surface area is 133 Å². The van der Waals surface area contributed by atoms with Gasteiger partial charge in [0.1, 0.15) is 0 Å². The fraction of sp³-hybridized carbons (Fsp3) is 0.600. The molecule has 1 aromatic rings. The monoisotopic (exact) mass is 333 g/mol. The fourth-order valence-corrected chi connectivity index (χ4v) is 5.18. The van der Waals surface area contributed by atoms with Crippen LogP contribution in [-0.2, 0) is 10.8 Å². The van der Waals surface area contributed by atoms with Crippen molar-refractivity contribution in [3.05, 3.63) is 28.2 Å². The zero-order chi connectivity index (χ0) is 14.7. The minimum atomic E-state index is -1.09. The maximum atomic E-state index is 12.8. The largest absolute Gasteiger partial charge is 0.314 e. The van der Waals surface area contributed by atoms with E-state index in [0.717, 1.165) is 25.8 Å². The van der Waals surface area contributed by atoms with Crippen LogP contribution in [0.15, 0.2) is 23.1 Å². The van der Waals surface area contributed by atoms with Gasteiger partial charge in [0.25, 0.3) is 0 Å². The topological polar surface area (TPSA) is 29.1 Å². The highest BCUT2D eigenvalue weighted by Gasteiger charge is 2.37. The highest BCUT2D eigenvalue weighted by atomic mass is 35.5. The molecule has 1 saturated carbocycles. The Morgan fingerprint density at radius 2 is 2.10 bits per heavy atom. The van der Waals surface area contributed by atoms with Gasteiger partial charge in [0.2, 0.25) is 0 Å². The van der Waals surface area contributed by atoms with Gasteiger partial charge in [-0.25, -0.2) is 0 Å². The van der Waals surface area contributed by atoms with Crippen molar-refractivity contribution in [1.29, 1.82) is 0 Å². The smallest absolute Gasteiger partial charge is 0.0592 e. The van der Waals surface area contributed by atoms with Gasteiger partial charge < -0.3 is 5.32 Å². The summed E-state index contributed by atoms with van der Waals surface area (Å²) >= 11 is 12.2. The third kappa shape index (κ3) is 3.56. The molecule has 0 heterocycles. The van der Waals surface area contributed by atoms with Crippen molar-refractivity contribution in [2.24, 2.45) is 5.92 Å². The Bertz CT molecular complexity index is 495. The molecular weight excluding hydrogens is 313 g/mol. The second-order valence-corrected chi connectivity index (χ2v) is 7.89. The summed E-state index contributed by atoms with van der Waals surface area (Å²) in [5.74, 6) is 0.387. The standard InChI is InChI=1S/C15H21Cl2NOS/c1-3-8-18-13-6-7-14(10(13)2)20(19)15-9-11(16)4-5-12(15)17/h4-5,9-10,13-14,18H,3,6-8H2,1-2H3. The summed E-state index contributed by atoms with van der Waals surface area (Å²) in [5.41, 5.74) is 0. The molecule has 0 radical (unpaired) electrons. The van der Waals surface area contributed by atoms with E-state index in [1.807, 2.05) is 0 Å². The van der Waals surface area contributed by atoms with Gasteiger partial charge in [-0.15, -0.1) is 0 Å². The van der Waals surface area contributed by atoms with Crippen molar-refractivity contribution in [3.63, 3.8) is 0 Å². The van der Waals surface area contributed by atoms with E-state index in [1.54, 1.807) is 18.2 Å². The first kappa shape index (κ1) is 16.3. The zero-order valence-corrected chi connectivity index (χ0v) is 14.2. The summed E-state index contributed by atoms with van der Waals surface area (Å²) in [5, 5.41) is 4.84. The van der Waals surface area contributed by atoms with Gasteiger partial charge in [0.15, 0.2) is 0 Å². The summed E-state index contributed by atoms with van der Waals surface area (Å²) < 4.78 is 12.8. The van der Waals surface area contributed by atoms with Crippen LogP contribution in [0.5, 0.6) is 0 Å². The molecule has 0 bridgehead atoms. The van der Waals surface area contributed by atoms with Gasteiger partial charge in [-0.3, -0.25) is 4.21 Å². The van der Waals surface area contributed by atoms with Crippen molar-refractivity contribution < 1.29 is 4.21 Å². The number of hydrogen-bond donors (Lipinski definition) is 1. The molecule has 0 amide bonds. The molecule has 1 fully saturated rings. The molecule has 5 heteroatoms. The van der Waals surface area contributed by atoms with E-state index >= 15 is 0 Å². The first-order valence-corrected chi connectivity index (χ1v) is 9.10. The molecule has 0 saturated heterocycles. The highest BCUT2D eigenvalue weighted by Crippen LogP contribution is 2.35. The van der Waals surface area contributed by atoms with E-state index in [9.17, 15) is 4.21 Å². The summed E-state index contributed by atoms with van der Waals surface area (Å²) in [6.45, 7) is 5.36. The molecule has 1 aromatic carbocycles. The lowest BCUT2D eigenvalue weighted by Gasteiger charge is -2.21. The summed E-state index contributed by atoms with van der Waals surface area (Å²) in [6.07, 6.45) is 3.17. The van der Waals surface area contributed by atoms with Crippen molar-refractivity contribution in [3.8, 4) is 0 Å². The zero-order valence-electron chi connectivity index (χ0n) is 11.9. The Morgan fingerprint density at radius 3 is 2.80 bits per heavy atom. The minimum Gasteiger partial charge on any atom is -0.314 e. The lowest BCUT2D eigenvalue weighted by Crippen LogP contribution is -2.35. The number of benzene rings is 1. The molecule has 0 aliphatic heterocycles. The summed E-state index contributed by atoms with van der Waals surface area (Å²) in [4.78, 5) is 0.673. The predicted octanol–water partition coefficient (Wildman–Crippen LogP) is 4.27. The highest BCUT2D eigenvalue weighted by molar-refractivity contribution is 7.85. The van der Waals surface area contributed by atoms with Gasteiger partial charge in [-0.1, -0.05) is 37.0 Å². The maximum Gasteiger partial charge on any atom is 0.0592 e. The van der Waals surface area contributed by atoms with E-state index < -0.39 is 10.8 Å². The van der Waals surface area contributed by atoms with E-state index in [2.05, 4.69) is 19.2 Å². The van der Waals surface area contributed by atoms with Crippen LogP contribution in [0.1, 0.15) is 33.1 Å². The van der Waals surface area contributed by atoms with Gasteiger partial charge >= 0.3 is 0 Å². The third-order valence-corrected chi connectivity index (χ3v) is 6.69. The van der Waals surface area contributed by atoms with Crippen LogP contribution in [0.4, 0.5) is 0 Å². The van der Waals surface area contributed by atoms with Crippen LogP contribution in [0, 0.1) is 5.92 Å². The number of halogens is 2. The van der Waals surface area contributed by atoms with Gasteiger partial charge in [0, 0.05) is 16.3 Å². The molecule has 2 rings (SSSR count). The number of rotatable bonds is 5. The molecule has 112 valence electrons. The maximum absolute atomic E-state index is 12.8. The minimum absolute atomic E-state index is 0.153. The van der Waals surface area contributed by atoms with Crippen LogP contribution >= 0.6 is 23.2 Å². The Balaban J connectivity index is 2.12. The van der Waals surface area contributed by atoms with E-state index in [-0.39, 0.29) is 5.25 Å². The summed E-state index contributed by atoms with van der Waals surface area (Å²) in [6, 6.07) is 5.65. The Morgan fingerprint density at radius 1 is 1.35 bits per heavy atom. The third-order valence-electron chi connectivity index (χ3n) is 4.02. The van der Waals surface area contributed by atoms with Crippen LogP contribution in [-0.4, -0.2) is 22.0 Å². The average Bonchev–Trinajstić information content (AvgIpc) is 2.79. The van der Waals surface area contributed by atoms with Crippen LogP contribution < -0.4 is 5.32 Å². The predicted molar refractivity (Wildman–Crippen MR) is 87.1 cm³/mol. The number of nitrogens with one attached hydrogen (secondary N) is 1.